The molecule has 1 saturated carbocycles. The number of fused-ring (bicyclic) bond motifs is 7. The van der Waals surface area contributed by atoms with Crippen LogP contribution in [0.1, 0.15) is 56.8 Å². The Balaban J connectivity index is 1.92. The van der Waals surface area contributed by atoms with Crippen LogP contribution in [0, 0.1) is 0 Å². The van der Waals surface area contributed by atoms with Crippen LogP contribution in [-0.4, -0.2) is 24.4 Å². The Morgan fingerprint density at radius 3 is 3.00 bits per heavy atom. The summed E-state index contributed by atoms with van der Waals surface area (Å²) in [5, 5.41) is 0. The van der Waals surface area contributed by atoms with Gasteiger partial charge >= 0.3 is 0 Å². The minimum atomic E-state index is 0.264. The Bertz CT molecular complexity index is 490. The van der Waals surface area contributed by atoms with Crippen LogP contribution < -0.4 is 0 Å². The first-order valence-corrected chi connectivity index (χ1v) is 6.98. The van der Waals surface area contributed by atoms with Crippen LogP contribution in [0.3, 0.4) is 0 Å². The maximum absolute atomic E-state index is 12.1. The third kappa shape index (κ3) is 0.956. The lowest BCUT2D eigenvalue weighted by Crippen LogP contribution is -2.33. The summed E-state index contributed by atoms with van der Waals surface area (Å²) in [6, 6.07) is 0. The number of likely N-dealkylation sites (N-methyl/N-ethyl adjacent to an activating group) is 1. The summed E-state index contributed by atoms with van der Waals surface area (Å²) in [5.41, 5.74) is 3.04. The van der Waals surface area contributed by atoms with Gasteiger partial charge in [0, 0.05) is 18.5 Å². The molecule has 1 amide bonds. The van der Waals surface area contributed by atoms with E-state index in [9.17, 15) is 4.79 Å². The van der Waals surface area contributed by atoms with E-state index in [4.69, 9.17) is 0 Å². The zero-order valence-corrected chi connectivity index (χ0v) is 10.3. The fraction of sp³-hybridized carbons (Fsp3) is 0.615. The summed E-state index contributed by atoms with van der Waals surface area (Å²) in [5.74, 6) is 1.87. The molecule has 1 aromatic heterocycles. The predicted octanol–water partition coefficient (Wildman–Crippen LogP) is 2.74. The van der Waals surface area contributed by atoms with Crippen LogP contribution in [0.25, 0.3) is 0 Å². The standard InChI is InChI=1S/C13H15NOS/c1-14-5-4-9-10-7-2-3-8(6-7)11(10)16-12(9)13(14)15/h7-8H,2-6H2,1H3. The molecule has 2 bridgehead atoms. The zero-order chi connectivity index (χ0) is 10.9. The fourth-order valence-corrected chi connectivity index (χ4v) is 5.28. The first-order chi connectivity index (χ1) is 7.75. The quantitative estimate of drug-likeness (QED) is 0.674. The second-order valence-corrected chi connectivity index (χ2v) is 6.42. The van der Waals surface area contributed by atoms with Crippen molar-refractivity contribution in [2.24, 2.45) is 0 Å². The van der Waals surface area contributed by atoms with Gasteiger partial charge in [-0.25, -0.2) is 0 Å². The molecule has 0 radical (unpaired) electrons. The van der Waals surface area contributed by atoms with E-state index in [0.29, 0.717) is 0 Å². The first-order valence-electron chi connectivity index (χ1n) is 6.16. The van der Waals surface area contributed by atoms with Crippen molar-refractivity contribution in [2.45, 2.75) is 37.5 Å². The molecule has 3 heteroatoms. The van der Waals surface area contributed by atoms with Gasteiger partial charge in [-0.15, -0.1) is 11.3 Å². The van der Waals surface area contributed by atoms with Gasteiger partial charge in [-0.2, -0.15) is 0 Å². The Morgan fingerprint density at radius 2 is 2.12 bits per heavy atom. The molecule has 0 spiro atoms. The summed E-state index contributed by atoms with van der Waals surface area (Å²) in [6.45, 7) is 0.909. The van der Waals surface area contributed by atoms with Gasteiger partial charge in [0.15, 0.2) is 0 Å². The molecule has 3 aliphatic rings. The number of carbonyl (C=O) groups excluding carboxylic acids is 1. The normalized spacial score (nSPS) is 30.8. The van der Waals surface area contributed by atoms with Crippen molar-refractivity contribution in [2.75, 3.05) is 13.6 Å². The van der Waals surface area contributed by atoms with E-state index >= 15 is 0 Å². The average Bonchev–Trinajstić information content (AvgIpc) is 2.93. The van der Waals surface area contributed by atoms with Crippen LogP contribution >= 0.6 is 11.3 Å². The molecule has 0 N–H and O–H groups in total. The highest BCUT2D eigenvalue weighted by Gasteiger charge is 2.43. The molecule has 84 valence electrons. The highest BCUT2D eigenvalue weighted by Crippen LogP contribution is 2.58. The SMILES string of the molecule is CN1CCc2c(sc3c2C2CCC3C2)C1=O. The zero-order valence-electron chi connectivity index (χ0n) is 9.45. The van der Waals surface area contributed by atoms with Gasteiger partial charge in [0.2, 0.25) is 0 Å². The molecule has 1 aromatic rings. The topological polar surface area (TPSA) is 20.3 Å². The van der Waals surface area contributed by atoms with Crippen molar-refractivity contribution in [1.82, 2.24) is 4.90 Å². The number of rotatable bonds is 0. The van der Waals surface area contributed by atoms with Crippen molar-refractivity contribution in [3.8, 4) is 0 Å². The van der Waals surface area contributed by atoms with E-state index in [1.165, 1.54) is 24.8 Å². The molecule has 1 aliphatic heterocycles. The summed E-state index contributed by atoms with van der Waals surface area (Å²) in [7, 11) is 1.92. The molecular formula is C13H15NOS. The fourth-order valence-electron chi connectivity index (χ4n) is 3.71. The third-order valence-corrected chi connectivity index (χ3v) is 5.92. The maximum atomic E-state index is 12.1. The maximum Gasteiger partial charge on any atom is 0.263 e. The molecule has 4 rings (SSSR count). The minimum Gasteiger partial charge on any atom is -0.341 e. The predicted molar refractivity (Wildman–Crippen MR) is 64.3 cm³/mol. The van der Waals surface area contributed by atoms with Crippen molar-refractivity contribution >= 4 is 17.2 Å². The van der Waals surface area contributed by atoms with E-state index in [1.807, 2.05) is 23.3 Å². The Labute approximate surface area is 99.3 Å². The lowest BCUT2D eigenvalue weighted by atomic mass is 9.91. The van der Waals surface area contributed by atoms with Gasteiger partial charge in [0.25, 0.3) is 5.91 Å². The van der Waals surface area contributed by atoms with Crippen molar-refractivity contribution < 1.29 is 4.79 Å². The molecule has 16 heavy (non-hydrogen) atoms. The van der Waals surface area contributed by atoms with Gasteiger partial charge in [0.1, 0.15) is 0 Å². The molecule has 2 nitrogen and oxygen atoms in total. The van der Waals surface area contributed by atoms with E-state index in [2.05, 4.69) is 0 Å². The Hall–Kier alpha value is -0.830. The number of thiophene rings is 1. The number of carbonyl (C=O) groups is 1. The lowest BCUT2D eigenvalue weighted by Gasteiger charge is -2.23. The van der Waals surface area contributed by atoms with Gasteiger partial charge < -0.3 is 4.90 Å². The van der Waals surface area contributed by atoms with E-state index < -0.39 is 0 Å². The summed E-state index contributed by atoms with van der Waals surface area (Å²) < 4.78 is 0. The smallest absolute Gasteiger partial charge is 0.263 e. The van der Waals surface area contributed by atoms with Crippen LogP contribution in [-0.2, 0) is 6.42 Å². The molecule has 2 unspecified atom stereocenters. The van der Waals surface area contributed by atoms with Crippen molar-refractivity contribution in [1.29, 1.82) is 0 Å². The van der Waals surface area contributed by atoms with Gasteiger partial charge in [0.05, 0.1) is 4.88 Å². The van der Waals surface area contributed by atoms with Crippen molar-refractivity contribution in [3.63, 3.8) is 0 Å². The molecule has 0 aromatic carbocycles. The summed E-state index contributed by atoms with van der Waals surface area (Å²) in [4.78, 5) is 16.6. The molecular weight excluding hydrogens is 218 g/mol. The molecule has 1 fully saturated rings. The molecule has 2 atom stereocenters. The number of hydrogen-bond donors (Lipinski definition) is 0. The second kappa shape index (κ2) is 2.89. The van der Waals surface area contributed by atoms with E-state index in [0.717, 1.165) is 29.7 Å². The minimum absolute atomic E-state index is 0.264. The largest absolute Gasteiger partial charge is 0.341 e. The highest BCUT2D eigenvalue weighted by atomic mass is 32.1. The third-order valence-electron chi connectivity index (χ3n) is 4.53. The Kier molecular flexibility index (Phi) is 1.67. The lowest BCUT2D eigenvalue weighted by molar-refractivity contribution is 0.0786. The van der Waals surface area contributed by atoms with Crippen molar-refractivity contribution in [3.05, 3.63) is 20.9 Å². The van der Waals surface area contributed by atoms with Gasteiger partial charge in [-0.05, 0) is 48.6 Å². The Morgan fingerprint density at radius 1 is 1.31 bits per heavy atom. The summed E-state index contributed by atoms with van der Waals surface area (Å²) in [6.07, 6.45) is 5.19. The second-order valence-electron chi connectivity index (χ2n) is 5.37. The van der Waals surface area contributed by atoms with E-state index in [1.54, 1.807) is 10.4 Å². The van der Waals surface area contributed by atoms with Crippen LogP contribution in [0.15, 0.2) is 0 Å². The van der Waals surface area contributed by atoms with Gasteiger partial charge in [-0.1, -0.05) is 0 Å². The van der Waals surface area contributed by atoms with Crippen LogP contribution in [0.2, 0.25) is 0 Å². The highest BCUT2D eigenvalue weighted by molar-refractivity contribution is 7.14. The first kappa shape index (κ1) is 9.23. The van der Waals surface area contributed by atoms with E-state index in [-0.39, 0.29) is 5.91 Å². The molecule has 0 saturated heterocycles. The summed E-state index contributed by atoms with van der Waals surface area (Å²) >= 11 is 1.81. The molecule has 2 heterocycles. The average molecular weight is 233 g/mol. The number of nitrogens with zero attached hydrogens (tertiary/aromatic N) is 1. The monoisotopic (exact) mass is 233 g/mol. The van der Waals surface area contributed by atoms with Gasteiger partial charge in [-0.3, -0.25) is 4.79 Å². The molecule has 2 aliphatic carbocycles. The number of amides is 1. The van der Waals surface area contributed by atoms with Crippen LogP contribution in [0.5, 0.6) is 0 Å². The van der Waals surface area contributed by atoms with Crippen LogP contribution in [0.4, 0.5) is 0 Å². The number of hydrogen-bond acceptors (Lipinski definition) is 2.